The number of nitrogens with zero attached hydrogens (tertiary/aromatic N) is 1. The van der Waals surface area contributed by atoms with Crippen LogP contribution in [-0.2, 0) is 4.74 Å². The standard InChI is InChI=1S/C12H24N2O/c1-10-5-7-14(9-12(10)15-2)8-11-4-3-6-13-11/h10-13H,3-9H2,1-2H3/t10?,11-,12?/m0/s1. The fourth-order valence-corrected chi connectivity index (χ4v) is 2.79. The predicted molar refractivity (Wildman–Crippen MR) is 62.0 cm³/mol. The first-order chi connectivity index (χ1) is 7.29. The normalized spacial score (nSPS) is 38.4. The van der Waals surface area contributed by atoms with E-state index in [1.54, 1.807) is 0 Å². The van der Waals surface area contributed by atoms with Crippen molar-refractivity contribution in [3.05, 3.63) is 0 Å². The molecule has 0 aromatic carbocycles. The van der Waals surface area contributed by atoms with Crippen molar-refractivity contribution in [3.8, 4) is 0 Å². The lowest BCUT2D eigenvalue weighted by Gasteiger charge is -2.37. The number of likely N-dealkylation sites (tertiary alicyclic amines) is 1. The minimum atomic E-state index is 0.445. The van der Waals surface area contributed by atoms with E-state index in [-0.39, 0.29) is 0 Å². The summed E-state index contributed by atoms with van der Waals surface area (Å²) < 4.78 is 5.54. The molecule has 0 saturated carbocycles. The number of hydrogen-bond donors (Lipinski definition) is 1. The lowest BCUT2D eigenvalue weighted by atomic mass is 9.95. The van der Waals surface area contributed by atoms with Gasteiger partial charge in [-0.25, -0.2) is 0 Å². The molecule has 2 rings (SSSR count). The number of hydrogen-bond acceptors (Lipinski definition) is 3. The Hall–Kier alpha value is -0.120. The average molecular weight is 212 g/mol. The Bertz CT molecular complexity index is 190. The first kappa shape index (κ1) is 11.4. The van der Waals surface area contributed by atoms with Crippen LogP contribution in [0.2, 0.25) is 0 Å². The van der Waals surface area contributed by atoms with Gasteiger partial charge in [-0.15, -0.1) is 0 Å². The van der Waals surface area contributed by atoms with Gasteiger partial charge in [0, 0.05) is 26.2 Å². The molecular formula is C12H24N2O. The second kappa shape index (κ2) is 5.28. The molecule has 3 nitrogen and oxygen atoms in total. The van der Waals surface area contributed by atoms with Crippen LogP contribution in [0.25, 0.3) is 0 Å². The van der Waals surface area contributed by atoms with E-state index in [4.69, 9.17) is 4.74 Å². The average Bonchev–Trinajstić information content (AvgIpc) is 2.73. The molecule has 0 aliphatic carbocycles. The van der Waals surface area contributed by atoms with Gasteiger partial charge in [0.1, 0.15) is 0 Å². The van der Waals surface area contributed by atoms with Gasteiger partial charge >= 0.3 is 0 Å². The van der Waals surface area contributed by atoms with Crippen LogP contribution < -0.4 is 5.32 Å². The molecule has 15 heavy (non-hydrogen) atoms. The SMILES string of the molecule is COC1CN(C[C@@H]2CCCN2)CCC1C. The monoisotopic (exact) mass is 212 g/mol. The topological polar surface area (TPSA) is 24.5 Å². The van der Waals surface area contributed by atoms with Crippen molar-refractivity contribution in [2.45, 2.75) is 38.3 Å². The van der Waals surface area contributed by atoms with Crippen molar-refractivity contribution >= 4 is 0 Å². The van der Waals surface area contributed by atoms with Crippen molar-refractivity contribution in [3.63, 3.8) is 0 Å². The second-order valence-electron chi connectivity index (χ2n) is 5.09. The van der Waals surface area contributed by atoms with Gasteiger partial charge in [-0.3, -0.25) is 4.90 Å². The quantitative estimate of drug-likeness (QED) is 0.758. The molecule has 3 atom stereocenters. The molecule has 3 heteroatoms. The maximum absolute atomic E-state index is 5.54. The smallest absolute Gasteiger partial charge is 0.0724 e. The molecule has 0 bridgehead atoms. The highest BCUT2D eigenvalue weighted by Crippen LogP contribution is 2.20. The molecule has 0 spiro atoms. The van der Waals surface area contributed by atoms with Crippen LogP contribution in [0, 0.1) is 5.92 Å². The lowest BCUT2D eigenvalue weighted by molar-refractivity contribution is -0.00687. The summed E-state index contributed by atoms with van der Waals surface area (Å²) in [5, 5.41) is 3.57. The molecule has 0 amide bonds. The molecule has 0 aromatic heterocycles. The van der Waals surface area contributed by atoms with Crippen LogP contribution in [0.3, 0.4) is 0 Å². The molecule has 2 saturated heterocycles. The Morgan fingerprint density at radius 3 is 2.93 bits per heavy atom. The summed E-state index contributed by atoms with van der Waals surface area (Å²) in [5.74, 6) is 0.725. The third kappa shape index (κ3) is 2.92. The zero-order chi connectivity index (χ0) is 10.7. The van der Waals surface area contributed by atoms with E-state index >= 15 is 0 Å². The Balaban J connectivity index is 1.78. The van der Waals surface area contributed by atoms with Gasteiger partial charge in [-0.2, -0.15) is 0 Å². The Kier molecular flexibility index (Phi) is 4.00. The van der Waals surface area contributed by atoms with Gasteiger partial charge < -0.3 is 10.1 Å². The zero-order valence-electron chi connectivity index (χ0n) is 10.0. The van der Waals surface area contributed by atoms with Crippen LogP contribution in [-0.4, -0.2) is 50.3 Å². The van der Waals surface area contributed by atoms with E-state index < -0.39 is 0 Å². The largest absolute Gasteiger partial charge is 0.380 e. The van der Waals surface area contributed by atoms with Gasteiger partial charge in [0.15, 0.2) is 0 Å². The molecule has 2 unspecified atom stereocenters. The molecule has 2 heterocycles. The third-order valence-corrected chi connectivity index (χ3v) is 3.92. The highest BCUT2D eigenvalue weighted by molar-refractivity contribution is 4.83. The summed E-state index contributed by atoms with van der Waals surface area (Å²) in [6, 6.07) is 0.732. The van der Waals surface area contributed by atoms with E-state index in [1.165, 1.54) is 38.9 Å². The van der Waals surface area contributed by atoms with Crippen LogP contribution in [0.15, 0.2) is 0 Å². The fraction of sp³-hybridized carbons (Fsp3) is 1.00. The molecule has 0 aromatic rings. The van der Waals surface area contributed by atoms with Crippen molar-refractivity contribution in [2.75, 3.05) is 33.3 Å². The highest BCUT2D eigenvalue weighted by Gasteiger charge is 2.27. The summed E-state index contributed by atoms with van der Waals surface area (Å²) in [4.78, 5) is 2.57. The molecule has 2 aliphatic heterocycles. The van der Waals surface area contributed by atoms with Gasteiger partial charge in [0.2, 0.25) is 0 Å². The van der Waals surface area contributed by atoms with Crippen LogP contribution in [0.5, 0.6) is 0 Å². The van der Waals surface area contributed by atoms with Crippen molar-refractivity contribution in [1.82, 2.24) is 10.2 Å². The van der Waals surface area contributed by atoms with Gasteiger partial charge in [-0.05, 0) is 38.3 Å². The number of nitrogens with one attached hydrogen (secondary N) is 1. The van der Waals surface area contributed by atoms with Crippen LogP contribution in [0.1, 0.15) is 26.2 Å². The highest BCUT2D eigenvalue weighted by atomic mass is 16.5. The lowest BCUT2D eigenvalue weighted by Crippen LogP contribution is -2.48. The van der Waals surface area contributed by atoms with Gasteiger partial charge in [-0.1, -0.05) is 6.92 Å². The van der Waals surface area contributed by atoms with E-state index in [1.807, 2.05) is 7.11 Å². The van der Waals surface area contributed by atoms with Crippen LogP contribution in [0.4, 0.5) is 0 Å². The summed E-state index contributed by atoms with van der Waals surface area (Å²) in [6.07, 6.45) is 4.43. The fourth-order valence-electron chi connectivity index (χ4n) is 2.79. The Morgan fingerprint density at radius 2 is 2.27 bits per heavy atom. The number of ether oxygens (including phenoxy) is 1. The third-order valence-electron chi connectivity index (χ3n) is 3.92. The maximum Gasteiger partial charge on any atom is 0.0724 e. The summed E-state index contributed by atoms with van der Waals surface area (Å²) in [6.45, 7) is 7.10. The summed E-state index contributed by atoms with van der Waals surface area (Å²) in [7, 11) is 1.85. The second-order valence-corrected chi connectivity index (χ2v) is 5.09. The summed E-state index contributed by atoms with van der Waals surface area (Å²) >= 11 is 0. The Morgan fingerprint density at radius 1 is 1.40 bits per heavy atom. The van der Waals surface area contributed by atoms with E-state index in [9.17, 15) is 0 Å². The summed E-state index contributed by atoms with van der Waals surface area (Å²) in [5.41, 5.74) is 0. The van der Waals surface area contributed by atoms with E-state index in [0.717, 1.165) is 18.5 Å². The molecule has 88 valence electrons. The minimum absolute atomic E-state index is 0.445. The van der Waals surface area contributed by atoms with E-state index in [2.05, 4.69) is 17.1 Å². The molecular weight excluding hydrogens is 188 g/mol. The number of methoxy groups -OCH3 is 1. The van der Waals surface area contributed by atoms with Gasteiger partial charge in [0.05, 0.1) is 6.10 Å². The van der Waals surface area contributed by atoms with Gasteiger partial charge in [0.25, 0.3) is 0 Å². The Labute approximate surface area is 93.2 Å². The molecule has 2 fully saturated rings. The minimum Gasteiger partial charge on any atom is -0.380 e. The first-order valence-corrected chi connectivity index (χ1v) is 6.28. The predicted octanol–water partition coefficient (Wildman–Crippen LogP) is 1.10. The first-order valence-electron chi connectivity index (χ1n) is 6.28. The zero-order valence-corrected chi connectivity index (χ0v) is 10.0. The van der Waals surface area contributed by atoms with Crippen molar-refractivity contribution in [1.29, 1.82) is 0 Å². The van der Waals surface area contributed by atoms with Crippen molar-refractivity contribution in [2.24, 2.45) is 5.92 Å². The van der Waals surface area contributed by atoms with Crippen LogP contribution >= 0.6 is 0 Å². The molecule has 0 radical (unpaired) electrons. The maximum atomic E-state index is 5.54. The molecule has 2 aliphatic rings. The van der Waals surface area contributed by atoms with E-state index in [0.29, 0.717) is 6.10 Å². The molecule has 1 N–H and O–H groups in total. The number of rotatable bonds is 3. The number of piperidine rings is 1. The van der Waals surface area contributed by atoms with Crippen molar-refractivity contribution < 1.29 is 4.74 Å².